The van der Waals surface area contributed by atoms with Crippen LogP contribution in [0.15, 0.2) is 84.9 Å². The van der Waals surface area contributed by atoms with Gasteiger partial charge < -0.3 is 24.4 Å². The molecule has 0 fully saturated rings. The molecular weight excluding hydrogens is 679 g/mol. The fourth-order valence-corrected chi connectivity index (χ4v) is 5.96. The van der Waals surface area contributed by atoms with E-state index in [2.05, 4.69) is 41.4 Å². The number of nitrogens with one attached hydrogen (secondary N) is 1. The number of benzene rings is 3. The Kier molecular flexibility index (Phi) is 16.6. The zero-order valence-electron chi connectivity index (χ0n) is 34.4. The van der Waals surface area contributed by atoms with Gasteiger partial charge in [0.05, 0.1) is 5.92 Å². The monoisotopic (exact) mass is 743 g/mol. The Balaban J connectivity index is 1.94. The smallest absolute Gasteiger partial charge is 0.329 e. The first kappa shape index (κ1) is 44.0. The molecule has 0 spiro atoms. The van der Waals surface area contributed by atoms with Crippen LogP contribution in [-0.4, -0.2) is 70.2 Å². The molecule has 0 aromatic heterocycles. The van der Waals surface area contributed by atoms with E-state index in [1.165, 1.54) is 0 Å². The van der Waals surface area contributed by atoms with Crippen molar-refractivity contribution in [2.75, 3.05) is 19.6 Å². The second-order valence-corrected chi connectivity index (χ2v) is 17.1. The van der Waals surface area contributed by atoms with E-state index in [9.17, 15) is 14.4 Å². The van der Waals surface area contributed by atoms with Crippen LogP contribution in [0.25, 0.3) is 0 Å². The van der Waals surface area contributed by atoms with Gasteiger partial charge in [-0.05, 0) is 97.6 Å². The number of carbonyl (C=O) groups is 3. The van der Waals surface area contributed by atoms with E-state index in [0.717, 1.165) is 36.0 Å². The molecule has 0 aliphatic rings. The van der Waals surface area contributed by atoms with Gasteiger partial charge in [0.25, 0.3) is 0 Å². The maximum absolute atomic E-state index is 14.4. The van der Waals surface area contributed by atoms with Crippen molar-refractivity contribution in [3.8, 4) is 5.75 Å². The lowest BCUT2D eigenvalue weighted by atomic mass is 10.0. The number of urea groups is 1. The summed E-state index contributed by atoms with van der Waals surface area (Å²) >= 11 is 0. The van der Waals surface area contributed by atoms with Crippen LogP contribution in [0.1, 0.15) is 105 Å². The molecule has 3 rings (SSSR count). The summed E-state index contributed by atoms with van der Waals surface area (Å²) in [5.41, 5.74) is 1.25. The van der Waals surface area contributed by atoms with Gasteiger partial charge in [-0.25, -0.2) is 9.59 Å². The molecule has 0 aliphatic heterocycles. The molecule has 0 saturated heterocycles. The first-order valence-corrected chi connectivity index (χ1v) is 19.4. The summed E-state index contributed by atoms with van der Waals surface area (Å²) in [4.78, 5) is 46.0. The summed E-state index contributed by atoms with van der Waals surface area (Å²) in [6.07, 6.45) is 2.83. The number of esters is 2. The van der Waals surface area contributed by atoms with Crippen molar-refractivity contribution >= 4 is 18.0 Å². The second kappa shape index (κ2) is 20.3. The van der Waals surface area contributed by atoms with Crippen molar-refractivity contribution in [1.29, 1.82) is 0 Å². The Morgan fingerprint density at radius 2 is 1.15 bits per heavy atom. The number of nitrogens with zero attached hydrogens (tertiary/aromatic N) is 2. The normalized spacial score (nSPS) is 13.2. The lowest BCUT2D eigenvalue weighted by Crippen LogP contribution is -2.53. The largest absolute Gasteiger partial charge is 0.488 e. The summed E-state index contributed by atoms with van der Waals surface area (Å²) in [7, 11) is 0. The summed E-state index contributed by atoms with van der Waals surface area (Å²) in [6, 6.07) is 26.5. The van der Waals surface area contributed by atoms with Crippen LogP contribution in [-0.2, 0) is 38.6 Å². The van der Waals surface area contributed by atoms with Crippen molar-refractivity contribution in [2.45, 2.75) is 131 Å². The van der Waals surface area contributed by atoms with Gasteiger partial charge >= 0.3 is 18.0 Å². The number of hydrogen-bond acceptors (Lipinski definition) is 7. The Morgan fingerprint density at radius 1 is 0.630 bits per heavy atom. The molecule has 0 heterocycles. The molecule has 0 bridgehead atoms. The van der Waals surface area contributed by atoms with Crippen LogP contribution in [0.5, 0.6) is 5.75 Å². The van der Waals surface area contributed by atoms with E-state index in [-0.39, 0.29) is 24.5 Å². The molecule has 2 atom stereocenters. The van der Waals surface area contributed by atoms with Crippen LogP contribution in [0.4, 0.5) is 4.79 Å². The molecular formula is C45H65N3O6. The molecule has 3 aromatic rings. The number of ether oxygens (including phenoxy) is 3. The van der Waals surface area contributed by atoms with Gasteiger partial charge in [-0.3, -0.25) is 9.69 Å². The second-order valence-electron chi connectivity index (χ2n) is 17.1. The fraction of sp³-hybridized carbons (Fsp3) is 0.533. The molecule has 1 N–H and O–H groups in total. The fourth-order valence-electron chi connectivity index (χ4n) is 5.96. The van der Waals surface area contributed by atoms with Crippen molar-refractivity contribution in [3.63, 3.8) is 0 Å². The SMILES string of the molecule is CCCCCN(C[C@@H](CN(Cc1ccccc1)Cc1ccccc1)C(=O)OC(C)(C)C)C(=O)N[C@@H](Cc1ccc(OC(C)(C)C)cc1)C(=O)OC(C)(C)C. The minimum atomic E-state index is -0.965. The standard InChI is InChI=1S/C45H65N3O6/c1-11-12-19-28-48(42(51)46-39(41(50)54-45(8,9)10)29-34-24-26-38(27-25-34)52-43(2,3)4)33-37(40(49)53-44(5,6)7)32-47(30-35-20-15-13-16-21-35)31-36-22-17-14-18-23-36/h13-18,20-27,37,39H,11-12,19,28-33H2,1-10H3,(H,46,51)/t37-,39+/m1/s1. The lowest BCUT2D eigenvalue weighted by molar-refractivity contribution is -0.161. The predicted octanol–water partition coefficient (Wildman–Crippen LogP) is 8.98. The maximum atomic E-state index is 14.4. The highest BCUT2D eigenvalue weighted by Crippen LogP contribution is 2.22. The Bertz CT molecular complexity index is 1530. The van der Waals surface area contributed by atoms with Crippen molar-refractivity contribution in [1.82, 2.24) is 15.1 Å². The summed E-state index contributed by atoms with van der Waals surface area (Å²) in [5.74, 6) is -0.851. The van der Waals surface area contributed by atoms with Crippen LogP contribution < -0.4 is 10.1 Å². The average molecular weight is 744 g/mol. The highest BCUT2D eigenvalue weighted by molar-refractivity contribution is 5.84. The minimum Gasteiger partial charge on any atom is -0.488 e. The first-order chi connectivity index (χ1) is 25.3. The average Bonchev–Trinajstić information content (AvgIpc) is 3.06. The quantitative estimate of drug-likeness (QED) is 0.103. The molecule has 3 aromatic carbocycles. The topological polar surface area (TPSA) is 97.4 Å². The van der Waals surface area contributed by atoms with Gasteiger partial charge in [0, 0.05) is 39.1 Å². The zero-order chi connectivity index (χ0) is 39.9. The van der Waals surface area contributed by atoms with Gasteiger partial charge in [0.15, 0.2) is 0 Å². The number of amides is 2. The van der Waals surface area contributed by atoms with Gasteiger partial charge in [0.1, 0.15) is 28.6 Å². The molecule has 0 unspecified atom stereocenters. The lowest BCUT2D eigenvalue weighted by Gasteiger charge is -2.33. The summed E-state index contributed by atoms with van der Waals surface area (Å²) in [6.45, 7) is 21.1. The van der Waals surface area contributed by atoms with Crippen LogP contribution in [0.2, 0.25) is 0 Å². The van der Waals surface area contributed by atoms with Crippen LogP contribution >= 0.6 is 0 Å². The van der Waals surface area contributed by atoms with Crippen LogP contribution in [0.3, 0.4) is 0 Å². The van der Waals surface area contributed by atoms with Crippen molar-refractivity contribution < 1.29 is 28.6 Å². The van der Waals surface area contributed by atoms with E-state index in [1.54, 1.807) is 4.90 Å². The van der Waals surface area contributed by atoms with E-state index in [1.807, 2.05) is 123 Å². The number of carbonyl (C=O) groups excluding carboxylic acids is 3. The molecule has 54 heavy (non-hydrogen) atoms. The zero-order valence-corrected chi connectivity index (χ0v) is 34.4. The Morgan fingerprint density at radius 3 is 1.63 bits per heavy atom. The van der Waals surface area contributed by atoms with Gasteiger partial charge in [-0.15, -0.1) is 0 Å². The summed E-state index contributed by atoms with van der Waals surface area (Å²) < 4.78 is 17.8. The molecule has 0 aliphatic carbocycles. The van der Waals surface area contributed by atoms with Crippen molar-refractivity contribution in [2.24, 2.45) is 5.92 Å². The highest BCUT2D eigenvalue weighted by atomic mass is 16.6. The van der Waals surface area contributed by atoms with Crippen LogP contribution in [0, 0.1) is 5.92 Å². The highest BCUT2D eigenvalue weighted by Gasteiger charge is 2.33. The maximum Gasteiger partial charge on any atom is 0.329 e. The number of rotatable bonds is 18. The third-order valence-electron chi connectivity index (χ3n) is 8.25. The molecule has 296 valence electrons. The van der Waals surface area contributed by atoms with E-state index in [4.69, 9.17) is 14.2 Å². The van der Waals surface area contributed by atoms with E-state index in [0.29, 0.717) is 31.9 Å². The summed E-state index contributed by atoms with van der Waals surface area (Å²) in [5, 5.41) is 3.01. The number of unbranched alkanes of at least 4 members (excludes halogenated alkanes) is 2. The Labute approximate surface area is 324 Å². The first-order valence-electron chi connectivity index (χ1n) is 19.4. The predicted molar refractivity (Wildman–Crippen MR) is 216 cm³/mol. The molecule has 0 radical (unpaired) electrons. The molecule has 0 saturated carbocycles. The van der Waals surface area contributed by atoms with Gasteiger partial charge in [-0.1, -0.05) is 92.6 Å². The van der Waals surface area contributed by atoms with Gasteiger partial charge in [-0.2, -0.15) is 0 Å². The third kappa shape index (κ3) is 17.2. The molecule has 9 nitrogen and oxygen atoms in total. The Hall–Kier alpha value is -4.37. The van der Waals surface area contributed by atoms with Crippen molar-refractivity contribution in [3.05, 3.63) is 102 Å². The van der Waals surface area contributed by atoms with Gasteiger partial charge in [0.2, 0.25) is 0 Å². The number of hydrogen-bond donors (Lipinski definition) is 1. The van der Waals surface area contributed by atoms with E-state index >= 15 is 0 Å². The molecule has 2 amide bonds. The molecule has 9 heteroatoms. The third-order valence-corrected chi connectivity index (χ3v) is 8.25. The van der Waals surface area contributed by atoms with E-state index < -0.39 is 35.2 Å². The minimum absolute atomic E-state index is 0.115.